The normalized spacial score (nSPS) is 11.3. The molecule has 0 fully saturated rings. The Morgan fingerprint density at radius 3 is 2.52 bits per heavy atom. The number of aromatic amines is 2. The van der Waals surface area contributed by atoms with Crippen molar-refractivity contribution in [3.63, 3.8) is 0 Å². The lowest BCUT2D eigenvalue weighted by Crippen LogP contribution is -2.01. The molecule has 102 valence electrons. The van der Waals surface area contributed by atoms with Crippen molar-refractivity contribution in [3.05, 3.63) is 63.9 Å². The molecule has 2 aromatic heterocycles. The van der Waals surface area contributed by atoms with E-state index >= 15 is 0 Å². The van der Waals surface area contributed by atoms with Crippen molar-refractivity contribution >= 4 is 33.5 Å². The molecule has 0 saturated heterocycles. The Balaban J connectivity index is 1.98. The highest BCUT2D eigenvalue weighted by Crippen LogP contribution is 2.31. The van der Waals surface area contributed by atoms with E-state index in [0.717, 1.165) is 21.9 Å². The molecule has 0 radical (unpaired) electrons. The van der Waals surface area contributed by atoms with Gasteiger partial charge in [0, 0.05) is 11.6 Å². The Bertz CT molecular complexity index is 1030. The average molecular weight is 296 g/mol. The van der Waals surface area contributed by atoms with E-state index in [9.17, 15) is 4.79 Å². The van der Waals surface area contributed by atoms with E-state index in [1.807, 2.05) is 36.4 Å². The number of halogens is 1. The van der Waals surface area contributed by atoms with Crippen LogP contribution in [0.25, 0.3) is 33.3 Å². The fourth-order valence-electron chi connectivity index (χ4n) is 2.44. The van der Waals surface area contributed by atoms with E-state index in [1.54, 1.807) is 6.07 Å². The quantitative estimate of drug-likeness (QED) is 0.562. The molecule has 4 nitrogen and oxygen atoms in total. The van der Waals surface area contributed by atoms with Crippen molar-refractivity contribution in [2.24, 2.45) is 0 Å². The molecule has 21 heavy (non-hydrogen) atoms. The van der Waals surface area contributed by atoms with Gasteiger partial charge in [-0.05, 0) is 29.0 Å². The van der Waals surface area contributed by atoms with Crippen LogP contribution in [0.5, 0.6) is 0 Å². The molecule has 0 unspecified atom stereocenters. The third-order valence-corrected chi connectivity index (χ3v) is 3.78. The second-order valence-electron chi connectivity index (χ2n) is 4.85. The topological polar surface area (TPSA) is 61.5 Å². The Morgan fingerprint density at radius 2 is 1.71 bits per heavy atom. The average Bonchev–Trinajstić information content (AvgIpc) is 2.89. The minimum absolute atomic E-state index is 0.176. The first-order chi connectivity index (χ1) is 10.2. The maximum atomic E-state index is 11.3. The molecular weight excluding hydrogens is 286 g/mol. The van der Waals surface area contributed by atoms with Crippen LogP contribution < -0.4 is 5.56 Å². The summed E-state index contributed by atoms with van der Waals surface area (Å²) >= 11 is 6.36. The van der Waals surface area contributed by atoms with Crippen LogP contribution in [-0.2, 0) is 0 Å². The van der Waals surface area contributed by atoms with Crippen molar-refractivity contribution in [2.75, 3.05) is 0 Å². The summed E-state index contributed by atoms with van der Waals surface area (Å²) < 4.78 is 0. The third-order valence-electron chi connectivity index (χ3n) is 3.47. The lowest BCUT2D eigenvalue weighted by atomic mass is 10.1. The monoisotopic (exact) mass is 295 g/mol. The molecule has 0 saturated carbocycles. The number of nitrogens with zero attached hydrogens (tertiary/aromatic N) is 1. The maximum absolute atomic E-state index is 11.3. The van der Waals surface area contributed by atoms with Gasteiger partial charge in [0.2, 0.25) is 5.56 Å². The first-order valence-corrected chi connectivity index (χ1v) is 6.86. The first kappa shape index (κ1) is 12.2. The second kappa shape index (κ2) is 4.46. The van der Waals surface area contributed by atoms with E-state index in [1.165, 1.54) is 6.07 Å². The highest BCUT2D eigenvalue weighted by Gasteiger charge is 2.10. The lowest BCUT2D eigenvalue weighted by molar-refractivity contribution is 1.25. The molecular formula is C16H10ClN3O. The first-order valence-electron chi connectivity index (χ1n) is 6.48. The van der Waals surface area contributed by atoms with Gasteiger partial charge in [-0.25, -0.2) is 4.98 Å². The molecule has 0 aliphatic rings. The van der Waals surface area contributed by atoms with Crippen LogP contribution in [0.15, 0.2) is 53.3 Å². The van der Waals surface area contributed by atoms with Gasteiger partial charge in [0.15, 0.2) is 5.65 Å². The van der Waals surface area contributed by atoms with Gasteiger partial charge in [-0.1, -0.05) is 35.9 Å². The number of imidazole rings is 1. The smallest absolute Gasteiger partial charge is 0.249 e. The zero-order chi connectivity index (χ0) is 14.4. The molecule has 0 aliphatic heterocycles. The zero-order valence-electron chi connectivity index (χ0n) is 10.9. The molecule has 2 aromatic carbocycles. The Labute approximate surface area is 124 Å². The molecule has 4 aromatic rings. The van der Waals surface area contributed by atoms with Gasteiger partial charge >= 0.3 is 0 Å². The van der Waals surface area contributed by atoms with Gasteiger partial charge in [0.1, 0.15) is 5.82 Å². The standard InChI is InChI=1S/C16H10ClN3O/c17-12-8-10-4-2-1-3-9(10)7-11(12)15-18-13-5-6-14(21)19-16(13)20-15/h1-8H,(H2,18,19,20,21). The zero-order valence-corrected chi connectivity index (χ0v) is 11.6. The van der Waals surface area contributed by atoms with Crippen LogP contribution in [-0.4, -0.2) is 15.0 Å². The van der Waals surface area contributed by atoms with Crippen LogP contribution in [0.2, 0.25) is 5.02 Å². The summed E-state index contributed by atoms with van der Waals surface area (Å²) in [5.74, 6) is 0.641. The third kappa shape index (κ3) is 2.00. The Morgan fingerprint density at radius 1 is 0.952 bits per heavy atom. The highest BCUT2D eigenvalue weighted by atomic mass is 35.5. The number of fused-ring (bicyclic) bond motifs is 2. The molecule has 2 N–H and O–H groups in total. The highest BCUT2D eigenvalue weighted by molar-refractivity contribution is 6.34. The van der Waals surface area contributed by atoms with Crippen LogP contribution in [0.1, 0.15) is 0 Å². The number of benzene rings is 2. The van der Waals surface area contributed by atoms with E-state index in [-0.39, 0.29) is 5.56 Å². The molecule has 0 aliphatic carbocycles. The van der Waals surface area contributed by atoms with Gasteiger partial charge in [-0.15, -0.1) is 0 Å². The van der Waals surface area contributed by atoms with Crippen LogP contribution in [0, 0.1) is 0 Å². The second-order valence-corrected chi connectivity index (χ2v) is 5.26. The van der Waals surface area contributed by atoms with Gasteiger partial charge in [-0.3, -0.25) is 4.79 Å². The van der Waals surface area contributed by atoms with E-state index in [0.29, 0.717) is 16.5 Å². The Hall–Kier alpha value is -2.59. The molecule has 0 bridgehead atoms. The maximum Gasteiger partial charge on any atom is 0.249 e. The fourth-order valence-corrected chi connectivity index (χ4v) is 2.70. The van der Waals surface area contributed by atoms with Gasteiger partial charge in [0.25, 0.3) is 0 Å². The summed E-state index contributed by atoms with van der Waals surface area (Å²) in [6.45, 7) is 0. The summed E-state index contributed by atoms with van der Waals surface area (Å²) in [7, 11) is 0. The van der Waals surface area contributed by atoms with Gasteiger partial charge < -0.3 is 9.97 Å². The number of pyridine rings is 1. The molecule has 4 rings (SSSR count). The minimum Gasteiger partial charge on any atom is -0.337 e. The molecule has 5 heteroatoms. The molecule has 0 spiro atoms. The number of rotatable bonds is 1. The SMILES string of the molecule is O=c1ccc2[nH]c(-c3cc4ccccc4cc3Cl)nc2[nH]1. The summed E-state index contributed by atoms with van der Waals surface area (Å²) in [4.78, 5) is 21.6. The van der Waals surface area contributed by atoms with E-state index in [2.05, 4.69) is 15.0 Å². The van der Waals surface area contributed by atoms with Crippen LogP contribution in [0.4, 0.5) is 0 Å². The van der Waals surface area contributed by atoms with Crippen molar-refractivity contribution in [1.29, 1.82) is 0 Å². The molecule has 0 atom stereocenters. The van der Waals surface area contributed by atoms with Crippen molar-refractivity contribution < 1.29 is 0 Å². The number of H-pyrrole nitrogens is 2. The summed E-state index contributed by atoms with van der Waals surface area (Å²) in [5, 5.41) is 2.79. The van der Waals surface area contributed by atoms with Crippen molar-refractivity contribution in [1.82, 2.24) is 15.0 Å². The number of aromatic nitrogens is 3. The summed E-state index contributed by atoms with van der Waals surface area (Å²) in [6.07, 6.45) is 0. The predicted molar refractivity (Wildman–Crippen MR) is 84.7 cm³/mol. The van der Waals surface area contributed by atoms with E-state index < -0.39 is 0 Å². The Kier molecular flexibility index (Phi) is 2.59. The largest absolute Gasteiger partial charge is 0.337 e. The summed E-state index contributed by atoms with van der Waals surface area (Å²) in [5.41, 5.74) is 1.94. The number of nitrogens with one attached hydrogen (secondary N) is 2. The van der Waals surface area contributed by atoms with Crippen molar-refractivity contribution in [2.45, 2.75) is 0 Å². The molecule has 2 heterocycles. The predicted octanol–water partition coefficient (Wildman–Crippen LogP) is 3.72. The minimum atomic E-state index is -0.176. The van der Waals surface area contributed by atoms with Crippen LogP contribution in [0.3, 0.4) is 0 Å². The number of hydrogen-bond acceptors (Lipinski definition) is 2. The van der Waals surface area contributed by atoms with E-state index in [4.69, 9.17) is 11.6 Å². The fraction of sp³-hybridized carbons (Fsp3) is 0. The summed E-state index contributed by atoms with van der Waals surface area (Å²) in [6, 6.07) is 15.1. The number of hydrogen-bond donors (Lipinski definition) is 2. The van der Waals surface area contributed by atoms with Gasteiger partial charge in [-0.2, -0.15) is 0 Å². The molecule has 0 amide bonds. The van der Waals surface area contributed by atoms with Crippen molar-refractivity contribution in [3.8, 4) is 11.4 Å². The van der Waals surface area contributed by atoms with Gasteiger partial charge in [0.05, 0.1) is 10.5 Å². The lowest BCUT2D eigenvalue weighted by Gasteiger charge is -2.04. The van der Waals surface area contributed by atoms with Crippen LogP contribution >= 0.6 is 11.6 Å².